The number of nitrogens with one attached hydrogen (secondary N) is 1. The lowest BCUT2D eigenvalue weighted by molar-refractivity contribution is 0.371. The fourth-order valence-electron chi connectivity index (χ4n) is 3.39. The highest BCUT2D eigenvalue weighted by atomic mass is 16.5. The molecule has 0 aliphatic carbocycles. The highest BCUT2D eigenvalue weighted by Crippen LogP contribution is 2.21. The lowest BCUT2D eigenvalue weighted by Gasteiger charge is -2.06. The quantitative estimate of drug-likeness (QED) is 0.468. The van der Waals surface area contributed by atoms with Crippen LogP contribution in [0.1, 0.15) is 17.3 Å². The lowest BCUT2D eigenvalue weighted by atomic mass is 10.1. The third kappa shape index (κ3) is 3.50. The first kappa shape index (κ1) is 18.0. The van der Waals surface area contributed by atoms with E-state index >= 15 is 0 Å². The van der Waals surface area contributed by atoms with Crippen molar-refractivity contribution in [3.63, 3.8) is 0 Å². The SMILES string of the molecule is CNc1cc(-c2noc(Cn3c(Cc4ccccc4)nc4ccccc43)n2)ncn1. The summed E-state index contributed by atoms with van der Waals surface area (Å²) in [6.45, 7) is 0.430. The Bertz CT molecular complexity index is 1290. The Hall–Kier alpha value is -4.07. The summed E-state index contributed by atoms with van der Waals surface area (Å²) < 4.78 is 7.65. The van der Waals surface area contributed by atoms with E-state index in [1.807, 2.05) is 36.4 Å². The third-order valence-corrected chi connectivity index (χ3v) is 4.85. The number of anilines is 1. The minimum Gasteiger partial charge on any atom is -0.373 e. The second kappa shape index (κ2) is 7.75. The number of hydrogen-bond acceptors (Lipinski definition) is 7. The Morgan fingerprint density at radius 3 is 2.67 bits per heavy atom. The maximum absolute atomic E-state index is 5.53. The van der Waals surface area contributed by atoms with Gasteiger partial charge < -0.3 is 14.4 Å². The van der Waals surface area contributed by atoms with Crippen molar-refractivity contribution in [1.82, 2.24) is 29.7 Å². The molecule has 0 fully saturated rings. The predicted octanol–water partition coefficient (Wildman–Crippen LogP) is 3.56. The molecule has 0 spiro atoms. The Morgan fingerprint density at radius 1 is 0.967 bits per heavy atom. The molecular formula is C22H19N7O. The number of hydrogen-bond donors (Lipinski definition) is 1. The van der Waals surface area contributed by atoms with E-state index in [4.69, 9.17) is 9.51 Å². The van der Waals surface area contributed by atoms with Crippen LogP contribution in [0, 0.1) is 0 Å². The van der Waals surface area contributed by atoms with Gasteiger partial charge in [0.25, 0.3) is 0 Å². The predicted molar refractivity (Wildman–Crippen MR) is 113 cm³/mol. The normalized spacial score (nSPS) is 11.1. The molecule has 3 aromatic heterocycles. The van der Waals surface area contributed by atoms with Crippen molar-refractivity contribution in [2.75, 3.05) is 12.4 Å². The largest absolute Gasteiger partial charge is 0.373 e. The van der Waals surface area contributed by atoms with Gasteiger partial charge >= 0.3 is 0 Å². The maximum atomic E-state index is 5.53. The van der Waals surface area contributed by atoms with Crippen molar-refractivity contribution >= 4 is 16.9 Å². The lowest BCUT2D eigenvalue weighted by Crippen LogP contribution is -2.06. The van der Waals surface area contributed by atoms with Crippen molar-refractivity contribution in [1.29, 1.82) is 0 Å². The molecule has 0 radical (unpaired) electrons. The number of para-hydroxylation sites is 2. The van der Waals surface area contributed by atoms with Gasteiger partial charge in [-0.25, -0.2) is 15.0 Å². The molecule has 30 heavy (non-hydrogen) atoms. The summed E-state index contributed by atoms with van der Waals surface area (Å²) in [4.78, 5) is 17.7. The molecule has 3 heterocycles. The summed E-state index contributed by atoms with van der Waals surface area (Å²) in [5.74, 6) is 2.56. The first-order valence-corrected chi connectivity index (χ1v) is 9.61. The molecule has 148 valence electrons. The van der Waals surface area contributed by atoms with Crippen LogP contribution in [-0.4, -0.2) is 36.7 Å². The zero-order valence-corrected chi connectivity index (χ0v) is 16.4. The van der Waals surface area contributed by atoms with Crippen LogP contribution in [0.25, 0.3) is 22.6 Å². The van der Waals surface area contributed by atoms with Crippen LogP contribution in [0.15, 0.2) is 71.5 Å². The van der Waals surface area contributed by atoms with E-state index < -0.39 is 0 Å². The maximum Gasteiger partial charge on any atom is 0.247 e. The second-order valence-electron chi connectivity index (χ2n) is 6.82. The number of aromatic nitrogens is 6. The van der Waals surface area contributed by atoms with E-state index in [2.05, 4.69) is 48.2 Å². The minimum atomic E-state index is 0.429. The summed E-state index contributed by atoms with van der Waals surface area (Å²) in [5, 5.41) is 7.08. The van der Waals surface area contributed by atoms with Gasteiger partial charge in [0.1, 0.15) is 30.2 Å². The van der Waals surface area contributed by atoms with Gasteiger partial charge in [0, 0.05) is 19.5 Å². The van der Waals surface area contributed by atoms with Crippen LogP contribution in [0.3, 0.4) is 0 Å². The Kier molecular flexibility index (Phi) is 4.65. The van der Waals surface area contributed by atoms with Crippen LogP contribution < -0.4 is 5.32 Å². The summed E-state index contributed by atoms with van der Waals surface area (Å²) >= 11 is 0. The van der Waals surface area contributed by atoms with Gasteiger partial charge in [0.05, 0.1) is 11.0 Å². The van der Waals surface area contributed by atoms with E-state index in [-0.39, 0.29) is 0 Å². The highest BCUT2D eigenvalue weighted by Gasteiger charge is 2.16. The average molecular weight is 397 g/mol. The van der Waals surface area contributed by atoms with E-state index in [0.29, 0.717) is 36.2 Å². The van der Waals surface area contributed by atoms with Crippen molar-refractivity contribution in [2.45, 2.75) is 13.0 Å². The molecule has 0 unspecified atom stereocenters. The molecule has 2 aromatic carbocycles. The monoisotopic (exact) mass is 397 g/mol. The zero-order valence-electron chi connectivity index (χ0n) is 16.4. The average Bonchev–Trinajstić information content (AvgIpc) is 3.40. The first-order valence-electron chi connectivity index (χ1n) is 9.61. The first-order chi connectivity index (χ1) is 14.8. The molecule has 5 rings (SSSR count). The van der Waals surface area contributed by atoms with Gasteiger partial charge in [0.15, 0.2) is 0 Å². The number of imidazole rings is 1. The van der Waals surface area contributed by atoms with Gasteiger partial charge in [-0.05, 0) is 17.7 Å². The summed E-state index contributed by atoms with van der Waals surface area (Å²) in [5.41, 5.74) is 3.77. The topological polar surface area (TPSA) is 94.6 Å². The molecule has 0 atom stereocenters. The van der Waals surface area contributed by atoms with Gasteiger partial charge in [-0.15, -0.1) is 0 Å². The number of fused-ring (bicyclic) bond motifs is 1. The van der Waals surface area contributed by atoms with Crippen LogP contribution in [0.5, 0.6) is 0 Å². The zero-order chi connectivity index (χ0) is 20.3. The van der Waals surface area contributed by atoms with E-state index in [1.165, 1.54) is 11.9 Å². The fourth-order valence-corrected chi connectivity index (χ4v) is 3.39. The molecule has 5 aromatic rings. The van der Waals surface area contributed by atoms with Gasteiger partial charge in [0.2, 0.25) is 11.7 Å². The van der Waals surface area contributed by atoms with Crippen molar-refractivity contribution in [3.8, 4) is 11.5 Å². The van der Waals surface area contributed by atoms with Crippen molar-refractivity contribution in [3.05, 3.63) is 84.3 Å². The molecule has 0 amide bonds. The number of rotatable bonds is 6. The highest BCUT2D eigenvalue weighted by molar-refractivity contribution is 5.76. The van der Waals surface area contributed by atoms with Gasteiger partial charge in [-0.2, -0.15) is 4.98 Å². The second-order valence-corrected chi connectivity index (χ2v) is 6.82. The molecule has 0 bridgehead atoms. The third-order valence-electron chi connectivity index (χ3n) is 4.85. The Balaban J connectivity index is 1.49. The van der Waals surface area contributed by atoms with Gasteiger partial charge in [-0.3, -0.25) is 0 Å². The Morgan fingerprint density at radius 2 is 1.80 bits per heavy atom. The van der Waals surface area contributed by atoms with E-state index in [0.717, 1.165) is 16.9 Å². The summed E-state index contributed by atoms with van der Waals surface area (Å²) in [7, 11) is 1.80. The smallest absolute Gasteiger partial charge is 0.247 e. The van der Waals surface area contributed by atoms with E-state index in [1.54, 1.807) is 13.1 Å². The number of benzene rings is 2. The molecule has 8 heteroatoms. The molecular weight excluding hydrogens is 378 g/mol. The van der Waals surface area contributed by atoms with Crippen molar-refractivity contribution in [2.24, 2.45) is 0 Å². The molecule has 0 saturated carbocycles. The van der Waals surface area contributed by atoms with Gasteiger partial charge in [-0.1, -0.05) is 47.6 Å². The summed E-state index contributed by atoms with van der Waals surface area (Å²) in [6.07, 6.45) is 2.19. The molecule has 1 N–H and O–H groups in total. The molecule has 0 saturated heterocycles. The van der Waals surface area contributed by atoms with Crippen LogP contribution in [0.2, 0.25) is 0 Å². The number of nitrogens with zero attached hydrogens (tertiary/aromatic N) is 6. The summed E-state index contributed by atoms with van der Waals surface area (Å²) in [6, 6.07) is 20.1. The fraction of sp³-hybridized carbons (Fsp3) is 0.136. The molecule has 8 nitrogen and oxygen atoms in total. The van der Waals surface area contributed by atoms with E-state index in [9.17, 15) is 0 Å². The standard InChI is InChI=1S/C22H19N7O/c1-23-19-12-17(24-14-25-19)22-27-21(30-28-22)13-29-18-10-6-5-9-16(18)26-20(29)11-15-7-3-2-4-8-15/h2-10,12,14H,11,13H2,1H3,(H,23,24,25). The Labute approximate surface area is 172 Å². The minimum absolute atomic E-state index is 0.429. The van der Waals surface area contributed by atoms with Crippen LogP contribution in [0.4, 0.5) is 5.82 Å². The van der Waals surface area contributed by atoms with Crippen LogP contribution >= 0.6 is 0 Å². The molecule has 0 aliphatic rings. The van der Waals surface area contributed by atoms with Crippen molar-refractivity contribution < 1.29 is 4.52 Å². The van der Waals surface area contributed by atoms with Crippen LogP contribution in [-0.2, 0) is 13.0 Å². The molecule has 0 aliphatic heterocycles.